The number of hydrogen-bond acceptors (Lipinski definition) is 1. The molecule has 0 radical (unpaired) electrons. The van der Waals surface area contributed by atoms with Crippen LogP contribution in [0.15, 0.2) is 11.6 Å². The number of fused-ring (bicyclic) bond motifs is 1. The van der Waals surface area contributed by atoms with Crippen LogP contribution in [0.2, 0.25) is 0 Å². The largest absolute Gasteiger partial charge is 0.390 e. The quantitative estimate of drug-likeness (QED) is 0.669. The number of rotatable bonds is 1. The van der Waals surface area contributed by atoms with Gasteiger partial charge < -0.3 is 5.11 Å². The van der Waals surface area contributed by atoms with E-state index in [9.17, 15) is 5.11 Å². The fourth-order valence-electron chi connectivity index (χ4n) is 3.87. The summed E-state index contributed by atoms with van der Waals surface area (Å²) in [7, 11) is 0. The molecule has 1 fully saturated rings. The molecule has 0 unspecified atom stereocenters. The Hall–Kier alpha value is -0.300. The predicted molar refractivity (Wildman–Crippen MR) is 68.2 cm³/mol. The van der Waals surface area contributed by atoms with E-state index >= 15 is 0 Å². The second-order valence-corrected chi connectivity index (χ2v) is 6.54. The van der Waals surface area contributed by atoms with E-state index in [1.807, 2.05) is 0 Å². The third kappa shape index (κ3) is 2.07. The van der Waals surface area contributed by atoms with Crippen molar-refractivity contribution in [3.63, 3.8) is 0 Å². The first-order valence-electron chi connectivity index (χ1n) is 6.81. The zero-order valence-corrected chi connectivity index (χ0v) is 11.2. The first kappa shape index (κ1) is 12.2. The van der Waals surface area contributed by atoms with Crippen LogP contribution in [0.1, 0.15) is 53.4 Å². The van der Waals surface area contributed by atoms with Crippen molar-refractivity contribution in [2.24, 2.45) is 23.7 Å². The van der Waals surface area contributed by atoms with Gasteiger partial charge in [-0.2, -0.15) is 0 Å². The fourth-order valence-corrected chi connectivity index (χ4v) is 3.87. The van der Waals surface area contributed by atoms with Crippen LogP contribution < -0.4 is 0 Å². The molecule has 1 N–H and O–H groups in total. The molecule has 92 valence electrons. The molecule has 16 heavy (non-hydrogen) atoms. The summed E-state index contributed by atoms with van der Waals surface area (Å²) in [5.74, 6) is 2.64. The molecule has 0 aromatic carbocycles. The van der Waals surface area contributed by atoms with Crippen molar-refractivity contribution in [3.05, 3.63) is 11.6 Å². The highest BCUT2D eigenvalue weighted by molar-refractivity contribution is 5.13. The average molecular weight is 222 g/mol. The van der Waals surface area contributed by atoms with Crippen molar-refractivity contribution in [1.29, 1.82) is 0 Å². The van der Waals surface area contributed by atoms with Gasteiger partial charge in [-0.25, -0.2) is 0 Å². The van der Waals surface area contributed by atoms with Gasteiger partial charge in [0.25, 0.3) is 0 Å². The van der Waals surface area contributed by atoms with Gasteiger partial charge in [-0.1, -0.05) is 25.5 Å². The summed E-state index contributed by atoms with van der Waals surface area (Å²) in [4.78, 5) is 0. The minimum Gasteiger partial charge on any atom is -0.390 e. The molecular formula is C15H26O. The molecule has 2 aliphatic rings. The molecule has 1 nitrogen and oxygen atoms in total. The zero-order chi connectivity index (χ0) is 11.9. The maximum atomic E-state index is 10.5. The third-order valence-electron chi connectivity index (χ3n) is 4.92. The lowest BCUT2D eigenvalue weighted by molar-refractivity contribution is -0.0807. The van der Waals surface area contributed by atoms with Gasteiger partial charge in [0.1, 0.15) is 0 Å². The Morgan fingerprint density at radius 3 is 2.69 bits per heavy atom. The minimum absolute atomic E-state index is 0.423. The first-order valence-corrected chi connectivity index (χ1v) is 6.81. The molecule has 1 saturated carbocycles. The van der Waals surface area contributed by atoms with Crippen LogP contribution in [0.5, 0.6) is 0 Å². The highest BCUT2D eigenvalue weighted by Crippen LogP contribution is 2.49. The molecule has 0 aliphatic heterocycles. The van der Waals surface area contributed by atoms with Gasteiger partial charge >= 0.3 is 0 Å². The van der Waals surface area contributed by atoms with E-state index in [2.05, 4.69) is 33.8 Å². The Morgan fingerprint density at radius 1 is 1.38 bits per heavy atom. The van der Waals surface area contributed by atoms with Crippen LogP contribution in [0.4, 0.5) is 0 Å². The van der Waals surface area contributed by atoms with Crippen LogP contribution in [0, 0.1) is 23.7 Å². The number of allylic oxidation sites excluding steroid dienone is 2. The summed E-state index contributed by atoms with van der Waals surface area (Å²) < 4.78 is 0. The number of aliphatic hydroxyl groups is 1. The molecule has 1 heteroatoms. The van der Waals surface area contributed by atoms with Crippen LogP contribution in [0.25, 0.3) is 0 Å². The molecule has 0 aromatic rings. The summed E-state index contributed by atoms with van der Waals surface area (Å²) in [6.07, 6.45) is 7.01. The Labute approximate surface area is 99.9 Å². The lowest BCUT2D eigenvalue weighted by Gasteiger charge is -2.49. The van der Waals surface area contributed by atoms with E-state index in [1.54, 1.807) is 0 Å². The molecule has 0 spiro atoms. The van der Waals surface area contributed by atoms with Gasteiger partial charge in [0, 0.05) is 0 Å². The first-order chi connectivity index (χ1) is 7.42. The lowest BCUT2D eigenvalue weighted by atomic mass is 9.58. The summed E-state index contributed by atoms with van der Waals surface area (Å²) >= 11 is 0. The second-order valence-electron chi connectivity index (χ2n) is 6.54. The monoisotopic (exact) mass is 222 g/mol. The smallest absolute Gasteiger partial charge is 0.0653 e. The van der Waals surface area contributed by atoms with Gasteiger partial charge in [0.15, 0.2) is 0 Å². The van der Waals surface area contributed by atoms with E-state index in [0.717, 1.165) is 18.3 Å². The highest BCUT2D eigenvalue weighted by Gasteiger charge is 2.46. The standard InChI is InChI=1S/C15H26O/c1-10(2)12-7-8-15(4,16)14-6-5-11(3)9-13(12)14/h9-10,12-14,16H,5-8H2,1-4H3/t12-,13-,14+,15-/m1/s1. The summed E-state index contributed by atoms with van der Waals surface area (Å²) in [5.41, 5.74) is 1.11. The molecular weight excluding hydrogens is 196 g/mol. The Kier molecular flexibility index (Phi) is 3.18. The Bertz CT molecular complexity index is 288. The van der Waals surface area contributed by atoms with Crippen molar-refractivity contribution < 1.29 is 5.11 Å². The Morgan fingerprint density at radius 2 is 2.06 bits per heavy atom. The van der Waals surface area contributed by atoms with E-state index in [1.165, 1.54) is 24.8 Å². The van der Waals surface area contributed by atoms with E-state index in [0.29, 0.717) is 11.8 Å². The minimum atomic E-state index is -0.423. The average Bonchev–Trinajstić information content (AvgIpc) is 2.16. The van der Waals surface area contributed by atoms with Crippen molar-refractivity contribution >= 4 is 0 Å². The van der Waals surface area contributed by atoms with E-state index in [4.69, 9.17) is 0 Å². The predicted octanol–water partition coefficient (Wildman–Crippen LogP) is 3.78. The van der Waals surface area contributed by atoms with Crippen molar-refractivity contribution in [3.8, 4) is 0 Å². The van der Waals surface area contributed by atoms with E-state index < -0.39 is 5.60 Å². The van der Waals surface area contributed by atoms with Gasteiger partial charge in [-0.15, -0.1) is 0 Å². The van der Waals surface area contributed by atoms with Gasteiger partial charge in [0.05, 0.1) is 5.60 Å². The molecule has 4 atom stereocenters. The summed E-state index contributed by atoms with van der Waals surface area (Å²) in [6, 6.07) is 0. The van der Waals surface area contributed by atoms with Crippen LogP contribution in [-0.2, 0) is 0 Å². The molecule has 0 heterocycles. The van der Waals surface area contributed by atoms with Gasteiger partial charge in [-0.3, -0.25) is 0 Å². The van der Waals surface area contributed by atoms with Crippen molar-refractivity contribution in [1.82, 2.24) is 0 Å². The van der Waals surface area contributed by atoms with Crippen LogP contribution in [0.3, 0.4) is 0 Å². The second kappa shape index (κ2) is 4.18. The molecule has 0 aromatic heterocycles. The molecule has 0 bridgehead atoms. The van der Waals surface area contributed by atoms with Gasteiger partial charge in [0.2, 0.25) is 0 Å². The third-order valence-corrected chi connectivity index (χ3v) is 4.92. The maximum Gasteiger partial charge on any atom is 0.0653 e. The van der Waals surface area contributed by atoms with Crippen LogP contribution in [-0.4, -0.2) is 10.7 Å². The Balaban J connectivity index is 2.27. The topological polar surface area (TPSA) is 20.2 Å². The maximum absolute atomic E-state index is 10.5. The zero-order valence-electron chi connectivity index (χ0n) is 11.2. The molecule has 2 rings (SSSR count). The van der Waals surface area contributed by atoms with Crippen molar-refractivity contribution in [2.45, 2.75) is 59.0 Å². The molecule has 2 aliphatic carbocycles. The lowest BCUT2D eigenvalue weighted by Crippen LogP contribution is -2.48. The van der Waals surface area contributed by atoms with Gasteiger partial charge in [-0.05, 0) is 63.2 Å². The molecule has 0 amide bonds. The normalized spacial score (nSPS) is 44.1. The summed E-state index contributed by atoms with van der Waals surface area (Å²) in [5, 5.41) is 10.5. The molecule has 0 saturated heterocycles. The van der Waals surface area contributed by atoms with Crippen LogP contribution >= 0.6 is 0 Å². The fraction of sp³-hybridized carbons (Fsp3) is 0.867. The SMILES string of the molecule is CC1=C[C@@H]2[C@@H](C(C)C)CC[C@@](C)(O)[C@H]2CC1. The van der Waals surface area contributed by atoms with E-state index in [-0.39, 0.29) is 0 Å². The summed E-state index contributed by atoms with van der Waals surface area (Å²) in [6.45, 7) is 8.96. The highest BCUT2D eigenvalue weighted by atomic mass is 16.3. The van der Waals surface area contributed by atoms with Crippen molar-refractivity contribution in [2.75, 3.05) is 0 Å². The number of hydrogen-bond donors (Lipinski definition) is 1.